The summed E-state index contributed by atoms with van der Waals surface area (Å²) < 4.78 is 11.0. The van der Waals surface area contributed by atoms with Gasteiger partial charge >= 0.3 is 12.1 Å². The average molecular weight is 482 g/mol. The quantitative estimate of drug-likeness (QED) is 0.245. The summed E-state index contributed by atoms with van der Waals surface area (Å²) in [5, 5.41) is 16.7. The number of fused-ring (bicyclic) bond motifs is 1. The first-order valence-electron chi connectivity index (χ1n) is 11.3. The van der Waals surface area contributed by atoms with Crippen LogP contribution in [0.3, 0.4) is 0 Å². The molecule has 5 aromatic rings. The Morgan fingerprint density at radius 2 is 1.69 bits per heavy atom. The van der Waals surface area contributed by atoms with Gasteiger partial charge in [0.2, 0.25) is 0 Å². The van der Waals surface area contributed by atoms with Crippen LogP contribution in [0.15, 0.2) is 83.5 Å². The standard InChI is InChI=1S/C28H23N3O5/c1-16-25(30-28(34)35-17(2)18-6-4-3-5-7-18)26(36-31-16)20-10-8-19(9-11-20)21-12-13-22-23(27(32)33)15-29-24(22)14-21/h3-15,17,29H,1-2H3,(H,30,34)(H,32,33)/t17-/m1/s1. The summed E-state index contributed by atoms with van der Waals surface area (Å²) in [6.07, 6.45) is 0.472. The summed E-state index contributed by atoms with van der Waals surface area (Å²) in [6.45, 7) is 3.55. The Morgan fingerprint density at radius 3 is 2.42 bits per heavy atom. The normalized spacial score (nSPS) is 11.8. The molecule has 0 fully saturated rings. The first-order valence-corrected chi connectivity index (χ1v) is 11.3. The van der Waals surface area contributed by atoms with Gasteiger partial charge in [0, 0.05) is 22.7 Å². The third-order valence-corrected chi connectivity index (χ3v) is 6.04. The van der Waals surface area contributed by atoms with Gasteiger partial charge < -0.3 is 19.4 Å². The number of aromatic amines is 1. The molecule has 5 rings (SSSR count). The van der Waals surface area contributed by atoms with Gasteiger partial charge in [-0.15, -0.1) is 0 Å². The number of carboxylic acid groups (broad SMARTS) is 1. The zero-order chi connectivity index (χ0) is 25.2. The minimum Gasteiger partial charge on any atom is -0.478 e. The fraction of sp³-hybridized carbons (Fsp3) is 0.107. The molecule has 0 spiro atoms. The Labute approximate surface area is 206 Å². The van der Waals surface area contributed by atoms with Crippen LogP contribution in [0.1, 0.15) is 34.6 Å². The van der Waals surface area contributed by atoms with Crippen LogP contribution in [-0.4, -0.2) is 27.3 Å². The van der Waals surface area contributed by atoms with Crippen molar-refractivity contribution in [2.45, 2.75) is 20.0 Å². The molecule has 8 nitrogen and oxygen atoms in total. The Bertz CT molecular complexity index is 1550. The third kappa shape index (κ3) is 4.44. The van der Waals surface area contributed by atoms with Gasteiger partial charge in [0.1, 0.15) is 17.5 Å². The lowest BCUT2D eigenvalue weighted by atomic mass is 10.0. The van der Waals surface area contributed by atoms with Crippen molar-refractivity contribution in [3.8, 4) is 22.5 Å². The van der Waals surface area contributed by atoms with Crippen LogP contribution >= 0.6 is 0 Å². The SMILES string of the molecule is Cc1noc(-c2ccc(-c3ccc4c(C(=O)O)c[nH]c4c3)cc2)c1NC(=O)O[C@H](C)c1ccccc1. The van der Waals surface area contributed by atoms with Crippen molar-refractivity contribution in [1.82, 2.24) is 10.1 Å². The van der Waals surface area contributed by atoms with E-state index in [4.69, 9.17) is 9.26 Å². The van der Waals surface area contributed by atoms with E-state index in [9.17, 15) is 14.7 Å². The summed E-state index contributed by atoms with van der Waals surface area (Å²) in [6, 6.07) is 22.7. The molecular weight excluding hydrogens is 458 g/mol. The molecule has 2 heterocycles. The number of hydrogen-bond acceptors (Lipinski definition) is 5. The van der Waals surface area contributed by atoms with Crippen LogP contribution in [0, 0.1) is 6.92 Å². The molecule has 2 aromatic heterocycles. The highest BCUT2D eigenvalue weighted by Crippen LogP contribution is 2.33. The van der Waals surface area contributed by atoms with Gasteiger partial charge in [0.25, 0.3) is 0 Å². The number of carbonyl (C=O) groups is 2. The van der Waals surface area contributed by atoms with Crippen molar-refractivity contribution < 1.29 is 24.0 Å². The van der Waals surface area contributed by atoms with Crippen LogP contribution in [0.4, 0.5) is 10.5 Å². The molecule has 0 aliphatic rings. The highest BCUT2D eigenvalue weighted by atomic mass is 16.6. The van der Waals surface area contributed by atoms with E-state index < -0.39 is 18.2 Å². The Kier molecular flexibility index (Phi) is 6.00. The van der Waals surface area contributed by atoms with Crippen molar-refractivity contribution in [2.24, 2.45) is 0 Å². The maximum absolute atomic E-state index is 12.6. The number of nitrogens with zero attached hydrogens (tertiary/aromatic N) is 1. The number of benzene rings is 3. The summed E-state index contributed by atoms with van der Waals surface area (Å²) in [5.41, 5.74) is 5.46. The lowest BCUT2D eigenvalue weighted by molar-refractivity contribution is 0.0699. The molecule has 0 saturated heterocycles. The predicted octanol–water partition coefficient (Wildman–Crippen LogP) is 6.81. The van der Waals surface area contributed by atoms with Crippen LogP contribution < -0.4 is 5.32 Å². The van der Waals surface area contributed by atoms with Crippen molar-refractivity contribution >= 4 is 28.7 Å². The third-order valence-electron chi connectivity index (χ3n) is 6.04. The van der Waals surface area contributed by atoms with Crippen molar-refractivity contribution in [1.29, 1.82) is 0 Å². The van der Waals surface area contributed by atoms with E-state index in [2.05, 4.69) is 15.5 Å². The number of hydrogen-bond donors (Lipinski definition) is 3. The number of carboxylic acids is 1. The minimum absolute atomic E-state index is 0.240. The van der Waals surface area contributed by atoms with Gasteiger partial charge in [-0.3, -0.25) is 5.32 Å². The maximum atomic E-state index is 12.6. The van der Waals surface area contributed by atoms with E-state index in [1.807, 2.05) is 73.7 Å². The van der Waals surface area contributed by atoms with Gasteiger partial charge in [0.05, 0.1) is 5.56 Å². The number of rotatable bonds is 6. The van der Waals surface area contributed by atoms with E-state index in [0.717, 1.165) is 27.8 Å². The number of nitrogens with one attached hydrogen (secondary N) is 2. The molecule has 0 aliphatic heterocycles. The first kappa shape index (κ1) is 22.9. The number of aromatic nitrogens is 2. The fourth-order valence-corrected chi connectivity index (χ4v) is 4.09. The lowest BCUT2D eigenvalue weighted by Crippen LogP contribution is -2.16. The molecule has 0 bridgehead atoms. The van der Waals surface area contributed by atoms with Crippen molar-refractivity contribution in [2.75, 3.05) is 5.32 Å². The number of ether oxygens (including phenoxy) is 1. The minimum atomic E-state index is -0.969. The van der Waals surface area contributed by atoms with Crippen LogP contribution in [0.2, 0.25) is 0 Å². The molecule has 0 unspecified atom stereocenters. The summed E-state index contributed by atoms with van der Waals surface area (Å²) in [5.74, 6) is -0.544. The molecule has 0 aliphatic carbocycles. The fourth-order valence-electron chi connectivity index (χ4n) is 4.09. The molecule has 180 valence electrons. The zero-order valence-electron chi connectivity index (χ0n) is 19.6. The van der Waals surface area contributed by atoms with Gasteiger partial charge in [-0.25, -0.2) is 9.59 Å². The molecule has 8 heteroatoms. The number of carbonyl (C=O) groups excluding carboxylic acids is 1. The van der Waals surface area contributed by atoms with E-state index in [1.54, 1.807) is 13.0 Å². The highest BCUT2D eigenvalue weighted by molar-refractivity contribution is 6.04. The maximum Gasteiger partial charge on any atom is 0.412 e. The zero-order valence-corrected chi connectivity index (χ0v) is 19.6. The number of anilines is 1. The molecular formula is C28H23N3O5. The van der Waals surface area contributed by atoms with Crippen LogP contribution in [0.25, 0.3) is 33.4 Å². The number of aromatic carboxylic acids is 1. The Hall–Kier alpha value is -4.85. The lowest BCUT2D eigenvalue weighted by Gasteiger charge is -2.14. The van der Waals surface area contributed by atoms with E-state index in [-0.39, 0.29) is 5.56 Å². The Morgan fingerprint density at radius 1 is 1.00 bits per heavy atom. The van der Waals surface area contributed by atoms with Crippen molar-refractivity contribution in [3.63, 3.8) is 0 Å². The first-order chi connectivity index (χ1) is 17.4. The molecule has 36 heavy (non-hydrogen) atoms. The largest absolute Gasteiger partial charge is 0.478 e. The second kappa shape index (κ2) is 9.42. The average Bonchev–Trinajstić information content (AvgIpc) is 3.48. The molecule has 3 aromatic carbocycles. The van der Waals surface area contributed by atoms with E-state index >= 15 is 0 Å². The highest BCUT2D eigenvalue weighted by Gasteiger charge is 2.20. The molecule has 1 amide bonds. The smallest absolute Gasteiger partial charge is 0.412 e. The molecule has 0 saturated carbocycles. The molecule has 3 N–H and O–H groups in total. The number of H-pyrrole nitrogens is 1. The predicted molar refractivity (Wildman–Crippen MR) is 136 cm³/mol. The summed E-state index contributed by atoms with van der Waals surface area (Å²) in [4.78, 5) is 26.9. The van der Waals surface area contributed by atoms with Gasteiger partial charge in [-0.05, 0) is 36.6 Å². The summed E-state index contributed by atoms with van der Waals surface area (Å²) >= 11 is 0. The van der Waals surface area contributed by atoms with Gasteiger partial charge in [-0.2, -0.15) is 0 Å². The topological polar surface area (TPSA) is 117 Å². The van der Waals surface area contributed by atoms with Gasteiger partial charge in [-0.1, -0.05) is 71.9 Å². The van der Waals surface area contributed by atoms with E-state index in [0.29, 0.717) is 22.5 Å². The number of aryl methyl sites for hydroxylation is 1. The van der Waals surface area contributed by atoms with E-state index in [1.165, 1.54) is 6.20 Å². The van der Waals surface area contributed by atoms with Crippen LogP contribution in [0.5, 0.6) is 0 Å². The second-order valence-corrected chi connectivity index (χ2v) is 8.40. The molecule has 1 atom stereocenters. The summed E-state index contributed by atoms with van der Waals surface area (Å²) in [7, 11) is 0. The van der Waals surface area contributed by atoms with Crippen molar-refractivity contribution in [3.05, 3.63) is 95.8 Å². The second-order valence-electron chi connectivity index (χ2n) is 8.40. The monoisotopic (exact) mass is 481 g/mol. The van der Waals surface area contributed by atoms with Crippen LogP contribution in [-0.2, 0) is 4.74 Å². The molecule has 0 radical (unpaired) electrons. The van der Waals surface area contributed by atoms with Gasteiger partial charge in [0.15, 0.2) is 5.76 Å². The Balaban J connectivity index is 1.35. The number of amides is 1.